The maximum absolute atomic E-state index is 12.6. The van der Waals surface area contributed by atoms with Crippen molar-refractivity contribution < 1.29 is 19.2 Å². The van der Waals surface area contributed by atoms with Crippen molar-refractivity contribution >= 4 is 46.9 Å². The summed E-state index contributed by atoms with van der Waals surface area (Å²) in [5.41, 5.74) is 2.26. The summed E-state index contributed by atoms with van der Waals surface area (Å²) < 4.78 is 0. The quantitative estimate of drug-likeness (QED) is 0.649. The van der Waals surface area contributed by atoms with Crippen LogP contribution >= 0.6 is 11.8 Å². The number of nitrogens with zero attached hydrogens (tertiary/aromatic N) is 1. The molecule has 1 aliphatic carbocycles. The summed E-state index contributed by atoms with van der Waals surface area (Å²) in [5, 5.41) is 7.85. The van der Waals surface area contributed by atoms with Crippen LogP contribution in [0.2, 0.25) is 0 Å². The van der Waals surface area contributed by atoms with Gasteiger partial charge in [-0.05, 0) is 35.4 Å². The lowest BCUT2D eigenvalue weighted by atomic mass is 9.96. The van der Waals surface area contributed by atoms with Crippen molar-refractivity contribution in [2.24, 2.45) is 0 Å². The number of thioether (sulfide) groups is 1. The number of para-hydroxylation sites is 1. The monoisotopic (exact) mass is 422 g/mol. The van der Waals surface area contributed by atoms with Crippen LogP contribution in [0, 0.1) is 0 Å². The molecule has 3 aliphatic rings. The number of carbonyl (C=O) groups is 4. The Labute approximate surface area is 176 Å². The summed E-state index contributed by atoms with van der Waals surface area (Å²) >= 11 is 1.47. The van der Waals surface area contributed by atoms with Crippen LogP contribution in [0.15, 0.2) is 47.4 Å². The van der Waals surface area contributed by atoms with E-state index in [1.807, 2.05) is 36.4 Å². The molecule has 1 fully saturated rings. The first-order valence-corrected chi connectivity index (χ1v) is 10.5. The van der Waals surface area contributed by atoms with Crippen LogP contribution in [0.3, 0.4) is 0 Å². The van der Waals surface area contributed by atoms with E-state index >= 15 is 0 Å². The maximum Gasteiger partial charge on any atom is 0.322 e. The van der Waals surface area contributed by atoms with E-state index in [1.54, 1.807) is 6.07 Å². The molecular weight excluding hydrogens is 404 g/mol. The lowest BCUT2D eigenvalue weighted by Crippen LogP contribution is -2.47. The molecule has 0 saturated carbocycles. The van der Waals surface area contributed by atoms with Gasteiger partial charge in [0.25, 0.3) is 5.91 Å². The van der Waals surface area contributed by atoms with Gasteiger partial charge in [-0.3, -0.25) is 19.7 Å². The third-order valence-electron chi connectivity index (χ3n) is 5.60. The molecule has 9 heteroatoms. The molecule has 30 heavy (non-hydrogen) atoms. The molecule has 2 aromatic rings. The van der Waals surface area contributed by atoms with Gasteiger partial charge in [-0.15, -0.1) is 11.8 Å². The Balaban J connectivity index is 1.30. The van der Waals surface area contributed by atoms with E-state index in [4.69, 9.17) is 0 Å². The van der Waals surface area contributed by atoms with Crippen molar-refractivity contribution in [3.05, 3.63) is 53.6 Å². The van der Waals surface area contributed by atoms with E-state index < -0.39 is 11.6 Å². The van der Waals surface area contributed by atoms with Crippen molar-refractivity contribution in [2.45, 2.75) is 23.3 Å². The first-order chi connectivity index (χ1) is 14.4. The highest BCUT2D eigenvalue weighted by molar-refractivity contribution is 8.00. The molecule has 1 saturated heterocycles. The van der Waals surface area contributed by atoms with Crippen LogP contribution in [0.4, 0.5) is 16.2 Å². The molecule has 2 aliphatic heterocycles. The third kappa shape index (κ3) is 3.11. The van der Waals surface area contributed by atoms with E-state index in [9.17, 15) is 19.2 Å². The molecule has 1 spiro atoms. The number of hydrogen-bond donors (Lipinski definition) is 3. The van der Waals surface area contributed by atoms with Gasteiger partial charge >= 0.3 is 6.03 Å². The van der Waals surface area contributed by atoms with Crippen molar-refractivity contribution in [1.82, 2.24) is 10.6 Å². The third-order valence-corrected chi connectivity index (χ3v) is 6.65. The minimum atomic E-state index is -0.941. The Morgan fingerprint density at radius 1 is 1.10 bits per heavy atom. The van der Waals surface area contributed by atoms with Crippen molar-refractivity contribution in [2.75, 3.05) is 22.5 Å². The zero-order valence-electron chi connectivity index (χ0n) is 15.9. The molecule has 1 atom stereocenters. The molecule has 5 amide bonds. The smallest absolute Gasteiger partial charge is 0.322 e. The van der Waals surface area contributed by atoms with Crippen LogP contribution in [0.5, 0.6) is 0 Å². The summed E-state index contributed by atoms with van der Waals surface area (Å²) in [6.07, 6.45) is 0.795. The number of amides is 5. The predicted molar refractivity (Wildman–Crippen MR) is 111 cm³/mol. The van der Waals surface area contributed by atoms with Crippen molar-refractivity contribution in [1.29, 1.82) is 0 Å². The first kappa shape index (κ1) is 18.7. The van der Waals surface area contributed by atoms with Gasteiger partial charge in [0.05, 0.1) is 11.4 Å². The maximum atomic E-state index is 12.6. The Kier molecular flexibility index (Phi) is 4.28. The number of imide groups is 1. The normalized spacial score (nSPS) is 21.9. The number of benzene rings is 2. The Morgan fingerprint density at radius 3 is 2.70 bits per heavy atom. The van der Waals surface area contributed by atoms with E-state index in [0.717, 1.165) is 21.7 Å². The van der Waals surface area contributed by atoms with Crippen LogP contribution in [-0.4, -0.2) is 41.6 Å². The fraction of sp³-hybridized carbons (Fsp3) is 0.238. The number of urea groups is 1. The van der Waals surface area contributed by atoms with Gasteiger partial charge in [0, 0.05) is 23.4 Å². The van der Waals surface area contributed by atoms with Crippen LogP contribution in [0.25, 0.3) is 0 Å². The number of anilines is 2. The van der Waals surface area contributed by atoms with E-state index in [0.29, 0.717) is 24.3 Å². The second kappa shape index (κ2) is 6.88. The first-order valence-electron chi connectivity index (χ1n) is 9.51. The van der Waals surface area contributed by atoms with Crippen molar-refractivity contribution in [3.8, 4) is 0 Å². The Bertz CT molecular complexity index is 1120. The molecule has 5 rings (SSSR count). The van der Waals surface area contributed by atoms with E-state index in [1.165, 1.54) is 16.7 Å². The minimum absolute atomic E-state index is 0.0735. The number of rotatable bonds is 3. The molecule has 3 N–H and O–H groups in total. The van der Waals surface area contributed by atoms with Crippen LogP contribution in [-0.2, 0) is 27.2 Å². The summed E-state index contributed by atoms with van der Waals surface area (Å²) in [6.45, 7) is -0.0735. The van der Waals surface area contributed by atoms with Crippen LogP contribution < -0.4 is 20.9 Å². The highest BCUT2D eigenvalue weighted by Crippen LogP contribution is 2.35. The number of nitrogens with one attached hydrogen (secondary N) is 3. The molecule has 0 bridgehead atoms. The van der Waals surface area contributed by atoms with Gasteiger partial charge in [0.2, 0.25) is 11.8 Å². The average molecular weight is 422 g/mol. The van der Waals surface area contributed by atoms with E-state index in [-0.39, 0.29) is 24.3 Å². The number of carbonyl (C=O) groups excluding carboxylic acids is 4. The van der Waals surface area contributed by atoms with Crippen LogP contribution in [0.1, 0.15) is 11.1 Å². The summed E-state index contributed by atoms with van der Waals surface area (Å²) in [7, 11) is 0. The number of hydrogen-bond acceptors (Lipinski definition) is 5. The SMILES string of the molecule is O=C(CN1C(=O)CSc2ccccc21)Nc1ccc2c(c1)CC1(C2)NC(=O)NC1=O. The molecule has 152 valence electrons. The van der Waals surface area contributed by atoms with Gasteiger partial charge < -0.3 is 15.5 Å². The standard InChI is InChI=1S/C21H18N4O4S/c26-17(10-25-15-3-1-2-4-16(15)30-11-18(25)27)22-14-6-5-12-8-21(9-13(12)7-14)19(28)23-20(29)24-21/h1-7H,8-11H2,(H,22,26)(H2,23,24,28,29). The highest BCUT2D eigenvalue weighted by atomic mass is 32.2. The second-order valence-corrected chi connectivity index (χ2v) is 8.63. The molecule has 2 aromatic carbocycles. The summed E-state index contributed by atoms with van der Waals surface area (Å²) in [4.78, 5) is 51.2. The topological polar surface area (TPSA) is 108 Å². The molecule has 8 nitrogen and oxygen atoms in total. The Morgan fingerprint density at radius 2 is 1.90 bits per heavy atom. The number of fused-ring (bicyclic) bond motifs is 2. The molecular formula is C21H18N4O4S. The highest BCUT2D eigenvalue weighted by Gasteiger charge is 2.50. The fourth-order valence-corrected chi connectivity index (χ4v) is 5.14. The average Bonchev–Trinajstić information content (AvgIpc) is 3.21. The zero-order valence-corrected chi connectivity index (χ0v) is 16.7. The molecule has 0 aromatic heterocycles. The lowest BCUT2D eigenvalue weighted by Gasteiger charge is -2.28. The van der Waals surface area contributed by atoms with Gasteiger partial charge in [-0.1, -0.05) is 18.2 Å². The zero-order chi connectivity index (χ0) is 20.9. The molecule has 1 unspecified atom stereocenters. The minimum Gasteiger partial charge on any atom is -0.325 e. The Hall–Kier alpha value is -3.33. The van der Waals surface area contributed by atoms with Gasteiger partial charge in [-0.25, -0.2) is 4.79 Å². The summed E-state index contributed by atoms with van der Waals surface area (Å²) in [6, 6.07) is 12.5. The largest absolute Gasteiger partial charge is 0.325 e. The molecule has 0 radical (unpaired) electrons. The van der Waals surface area contributed by atoms with Gasteiger partial charge in [0.1, 0.15) is 12.1 Å². The van der Waals surface area contributed by atoms with Gasteiger partial charge in [0.15, 0.2) is 0 Å². The molecule has 2 heterocycles. The lowest BCUT2D eigenvalue weighted by molar-refractivity contribution is -0.123. The fourth-order valence-electron chi connectivity index (χ4n) is 4.20. The predicted octanol–water partition coefficient (Wildman–Crippen LogP) is 1.44. The van der Waals surface area contributed by atoms with Gasteiger partial charge in [-0.2, -0.15) is 0 Å². The second-order valence-electron chi connectivity index (χ2n) is 7.61. The summed E-state index contributed by atoms with van der Waals surface area (Å²) in [5.74, 6) is -0.425. The van der Waals surface area contributed by atoms with E-state index in [2.05, 4.69) is 16.0 Å². The van der Waals surface area contributed by atoms with Crippen molar-refractivity contribution in [3.63, 3.8) is 0 Å².